The fraction of sp³-hybridized carbons (Fsp3) is 0.286. The quantitative estimate of drug-likeness (QED) is 0.342. The number of halogens is 1. The summed E-state index contributed by atoms with van der Waals surface area (Å²) in [4.78, 5) is 26.3. The first-order chi connectivity index (χ1) is 13.9. The standard InChI is InChI=1S/C21H22FN3O4/c1-13-3-5-19(22)16(9-13)15(11-21(26)23-7-8-29-2)18-12-24-20-6-4-14(25(27)28)10-17(18)20/h3-6,9-10,12,15,24H,7-8,11H2,1-2H3,(H,23,26)/t15-/m0/s1. The van der Waals surface area contributed by atoms with Crippen LogP contribution >= 0.6 is 0 Å². The van der Waals surface area contributed by atoms with E-state index in [4.69, 9.17) is 4.74 Å². The monoisotopic (exact) mass is 399 g/mol. The maximum Gasteiger partial charge on any atom is 0.270 e. The summed E-state index contributed by atoms with van der Waals surface area (Å²) in [7, 11) is 1.54. The van der Waals surface area contributed by atoms with Crippen molar-refractivity contribution in [3.63, 3.8) is 0 Å². The number of aromatic nitrogens is 1. The number of benzene rings is 2. The van der Waals surface area contributed by atoms with Gasteiger partial charge in [-0.25, -0.2) is 4.39 Å². The van der Waals surface area contributed by atoms with E-state index < -0.39 is 16.7 Å². The van der Waals surface area contributed by atoms with Gasteiger partial charge in [-0.15, -0.1) is 0 Å². The number of hydrogen-bond acceptors (Lipinski definition) is 4. The zero-order valence-electron chi connectivity index (χ0n) is 16.2. The van der Waals surface area contributed by atoms with Crippen LogP contribution in [-0.2, 0) is 9.53 Å². The first-order valence-electron chi connectivity index (χ1n) is 9.17. The van der Waals surface area contributed by atoms with Gasteiger partial charge in [-0.2, -0.15) is 0 Å². The average molecular weight is 399 g/mol. The van der Waals surface area contributed by atoms with E-state index in [1.54, 1.807) is 24.4 Å². The molecule has 0 aliphatic carbocycles. The van der Waals surface area contributed by atoms with Crippen molar-refractivity contribution in [2.45, 2.75) is 19.3 Å². The lowest BCUT2D eigenvalue weighted by Gasteiger charge is -2.18. The number of nitrogens with one attached hydrogen (secondary N) is 2. The van der Waals surface area contributed by atoms with Gasteiger partial charge in [0.2, 0.25) is 5.91 Å². The highest BCUT2D eigenvalue weighted by Gasteiger charge is 2.25. The molecule has 0 bridgehead atoms. The molecule has 0 radical (unpaired) electrons. The molecule has 2 N–H and O–H groups in total. The second kappa shape index (κ2) is 8.83. The van der Waals surface area contributed by atoms with Crippen molar-refractivity contribution < 1.29 is 18.8 Å². The van der Waals surface area contributed by atoms with Gasteiger partial charge >= 0.3 is 0 Å². The molecule has 7 nitrogen and oxygen atoms in total. The Morgan fingerprint density at radius 1 is 1.28 bits per heavy atom. The first-order valence-corrected chi connectivity index (χ1v) is 9.17. The lowest BCUT2D eigenvalue weighted by molar-refractivity contribution is -0.384. The molecule has 0 spiro atoms. The predicted octanol–water partition coefficient (Wildman–Crippen LogP) is 3.81. The van der Waals surface area contributed by atoms with E-state index in [2.05, 4.69) is 10.3 Å². The van der Waals surface area contributed by atoms with Crippen LogP contribution in [0, 0.1) is 22.9 Å². The van der Waals surface area contributed by atoms with Crippen molar-refractivity contribution in [1.82, 2.24) is 10.3 Å². The van der Waals surface area contributed by atoms with Gasteiger partial charge < -0.3 is 15.0 Å². The maximum atomic E-state index is 14.7. The van der Waals surface area contributed by atoms with Crippen molar-refractivity contribution in [1.29, 1.82) is 0 Å². The summed E-state index contributed by atoms with van der Waals surface area (Å²) in [5, 5.41) is 14.5. The SMILES string of the molecule is COCCNC(=O)C[C@@H](c1cc(C)ccc1F)c1c[nH]c2ccc([N+](=O)[O-])cc12. The van der Waals surface area contributed by atoms with Gasteiger partial charge in [0.15, 0.2) is 0 Å². The largest absolute Gasteiger partial charge is 0.383 e. The molecule has 1 atom stereocenters. The summed E-state index contributed by atoms with van der Waals surface area (Å²) in [5.74, 6) is -1.29. The molecule has 29 heavy (non-hydrogen) atoms. The van der Waals surface area contributed by atoms with Crippen LogP contribution in [0.2, 0.25) is 0 Å². The summed E-state index contributed by atoms with van der Waals surface area (Å²) >= 11 is 0. The molecule has 0 unspecified atom stereocenters. The molecule has 0 saturated heterocycles. The third kappa shape index (κ3) is 4.60. The number of rotatable bonds is 8. The van der Waals surface area contributed by atoms with E-state index in [1.165, 1.54) is 25.3 Å². The van der Waals surface area contributed by atoms with Crippen molar-refractivity contribution in [3.8, 4) is 0 Å². The molecule has 3 aromatic rings. The van der Waals surface area contributed by atoms with Crippen LogP contribution in [0.1, 0.15) is 29.0 Å². The number of hydrogen-bond donors (Lipinski definition) is 2. The molecule has 8 heteroatoms. The van der Waals surface area contributed by atoms with E-state index in [9.17, 15) is 19.3 Å². The Morgan fingerprint density at radius 3 is 2.79 bits per heavy atom. The minimum Gasteiger partial charge on any atom is -0.383 e. The van der Waals surface area contributed by atoms with Crippen molar-refractivity contribution in [2.75, 3.05) is 20.3 Å². The average Bonchev–Trinajstić information content (AvgIpc) is 3.11. The van der Waals surface area contributed by atoms with Crippen LogP contribution in [0.5, 0.6) is 0 Å². The Morgan fingerprint density at radius 2 is 2.07 bits per heavy atom. The number of carbonyl (C=O) groups is 1. The van der Waals surface area contributed by atoms with Gasteiger partial charge in [0.25, 0.3) is 5.69 Å². The number of aromatic amines is 1. The van der Waals surface area contributed by atoms with E-state index in [1.807, 2.05) is 6.92 Å². The van der Waals surface area contributed by atoms with Gasteiger partial charge in [-0.05, 0) is 30.2 Å². The molecule has 1 aromatic heterocycles. The number of carbonyl (C=O) groups excluding carboxylic acids is 1. The first kappa shape index (κ1) is 20.5. The van der Waals surface area contributed by atoms with E-state index in [0.717, 1.165) is 5.56 Å². The molecule has 1 amide bonds. The Labute approximate surface area is 167 Å². The van der Waals surface area contributed by atoms with Crippen LogP contribution in [-0.4, -0.2) is 36.1 Å². The lowest BCUT2D eigenvalue weighted by Crippen LogP contribution is -2.28. The van der Waals surface area contributed by atoms with Crippen LogP contribution < -0.4 is 5.32 Å². The Kier molecular flexibility index (Phi) is 6.23. The van der Waals surface area contributed by atoms with Crippen LogP contribution in [0.4, 0.5) is 10.1 Å². The number of ether oxygens (including phenoxy) is 1. The fourth-order valence-electron chi connectivity index (χ4n) is 3.40. The lowest BCUT2D eigenvalue weighted by atomic mass is 9.86. The molecular formula is C21H22FN3O4. The van der Waals surface area contributed by atoms with E-state index in [0.29, 0.717) is 35.2 Å². The summed E-state index contributed by atoms with van der Waals surface area (Å²) < 4.78 is 19.6. The van der Waals surface area contributed by atoms with Crippen molar-refractivity contribution >= 4 is 22.5 Å². The summed E-state index contributed by atoms with van der Waals surface area (Å²) in [6.45, 7) is 2.56. The van der Waals surface area contributed by atoms with E-state index >= 15 is 0 Å². The smallest absolute Gasteiger partial charge is 0.270 e. The molecule has 0 aliphatic heterocycles. The molecular weight excluding hydrogens is 377 g/mol. The highest BCUT2D eigenvalue weighted by atomic mass is 19.1. The number of non-ortho nitro benzene ring substituents is 1. The second-order valence-electron chi connectivity index (χ2n) is 6.86. The topological polar surface area (TPSA) is 97.3 Å². The summed E-state index contributed by atoms with van der Waals surface area (Å²) in [5.41, 5.74) is 2.49. The van der Waals surface area contributed by atoms with Crippen LogP contribution in [0.25, 0.3) is 10.9 Å². The molecule has 0 aliphatic rings. The van der Waals surface area contributed by atoms with E-state index in [-0.39, 0.29) is 18.0 Å². The third-order valence-electron chi connectivity index (χ3n) is 4.83. The maximum absolute atomic E-state index is 14.7. The number of nitro benzene ring substituents is 1. The number of aryl methyl sites for hydroxylation is 1. The number of methoxy groups -OCH3 is 1. The van der Waals surface area contributed by atoms with Gasteiger partial charge in [-0.3, -0.25) is 14.9 Å². The number of amides is 1. The molecule has 2 aromatic carbocycles. The van der Waals surface area contributed by atoms with Gasteiger partial charge in [-0.1, -0.05) is 17.7 Å². The van der Waals surface area contributed by atoms with Gasteiger partial charge in [0.1, 0.15) is 5.82 Å². The number of nitro groups is 1. The highest BCUT2D eigenvalue weighted by Crippen LogP contribution is 2.36. The summed E-state index contributed by atoms with van der Waals surface area (Å²) in [6.07, 6.45) is 1.68. The number of fused-ring (bicyclic) bond motifs is 1. The Balaban J connectivity index is 2.06. The van der Waals surface area contributed by atoms with Gasteiger partial charge in [0, 0.05) is 55.2 Å². The highest BCUT2D eigenvalue weighted by molar-refractivity contribution is 5.87. The minimum atomic E-state index is -0.604. The Hall–Kier alpha value is -3.26. The third-order valence-corrected chi connectivity index (χ3v) is 4.83. The summed E-state index contributed by atoms with van der Waals surface area (Å²) in [6, 6.07) is 9.21. The van der Waals surface area contributed by atoms with Crippen LogP contribution in [0.15, 0.2) is 42.6 Å². The molecule has 1 heterocycles. The molecule has 0 fully saturated rings. The van der Waals surface area contributed by atoms with Gasteiger partial charge in [0.05, 0.1) is 11.5 Å². The molecule has 3 rings (SSSR count). The molecule has 152 valence electrons. The Bertz CT molecular complexity index is 1050. The predicted molar refractivity (Wildman–Crippen MR) is 107 cm³/mol. The van der Waals surface area contributed by atoms with Crippen molar-refractivity contribution in [3.05, 3.63) is 75.2 Å². The zero-order valence-corrected chi connectivity index (χ0v) is 16.2. The normalized spacial score (nSPS) is 12.1. The number of H-pyrrole nitrogens is 1. The van der Waals surface area contributed by atoms with Crippen LogP contribution in [0.3, 0.4) is 0 Å². The number of nitrogens with zero attached hydrogens (tertiary/aromatic N) is 1. The second-order valence-corrected chi connectivity index (χ2v) is 6.86. The fourth-order valence-corrected chi connectivity index (χ4v) is 3.40. The zero-order chi connectivity index (χ0) is 21.0. The van der Waals surface area contributed by atoms with Crippen molar-refractivity contribution in [2.24, 2.45) is 0 Å². The minimum absolute atomic E-state index is 0.000265. The molecule has 0 saturated carbocycles.